The molecule has 156 valence electrons. The van der Waals surface area contributed by atoms with Gasteiger partial charge < -0.3 is 15.0 Å². The van der Waals surface area contributed by atoms with Crippen LogP contribution >= 0.6 is 0 Å². The van der Waals surface area contributed by atoms with Crippen LogP contribution in [0.15, 0.2) is 88.5 Å². The van der Waals surface area contributed by atoms with E-state index in [0.29, 0.717) is 22.3 Å². The van der Waals surface area contributed by atoms with Gasteiger partial charge in [-0.25, -0.2) is 9.36 Å². The summed E-state index contributed by atoms with van der Waals surface area (Å²) in [5.41, 5.74) is 0.618. The molecule has 0 radical (unpaired) electrons. The van der Waals surface area contributed by atoms with Gasteiger partial charge in [-0.15, -0.1) is 0 Å². The number of anilines is 1. The first-order valence-electron chi connectivity index (χ1n) is 9.79. The molecule has 7 heteroatoms. The number of amides is 1. The normalized spacial score (nSPS) is 11.8. The fraction of sp³-hybridized carbons (Fsp3) is 0.125. The maximum absolute atomic E-state index is 13.3. The molecule has 0 fully saturated rings. The third kappa shape index (κ3) is 4.25. The number of hydrogen-bond acceptors (Lipinski definition) is 4. The predicted octanol–water partition coefficient (Wildman–Crippen LogP) is 3.12. The van der Waals surface area contributed by atoms with Crippen LogP contribution in [0, 0.1) is 0 Å². The zero-order valence-corrected chi connectivity index (χ0v) is 16.9. The molecular weight excluding hydrogens is 394 g/mol. The van der Waals surface area contributed by atoms with Gasteiger partial charge in [-0.3, -0.25) is 9.59 Å². The Bertz CT molecular complexity index is 1340. The summed E-state index contributed by atoms with van der Waals surface area (Å²) in [6.45, 7) is 0. The number of hydrogen-bond donors (Lipinski definition) is 2. The van der Waals surface area contributed by atoms with E-state index in [4.69, 9.17) is 4.74 Å². The van der Waals surface area contributed by atoms with Crippen molar-refractivity contribution in [2.75, 3.05) is 12.4 Å². The number of nitrogens with one attached hydrogen (secondary N) is 2. The van der Waals surface area contributed by atoms with Crippen molar-refractivity contribution in [1.82, 2.24) is 9.55 Å². The number of carbonyl (C=O) groups is 1. The quantitative estimate of drug-likeness (QED) is 0.506. The van der Waals surface area contributed by atoms with Gasteiger partial charge in [0.15, 0.2) is 0 Å². The highest BCUT2D eigenvalue weighted by molar-refractivity contribution is 5.94. The van der Waals surface area contributed by atoms with Crippen LogP contribution in [0.3, 0.4) is 0 Å². The minimum atomic E-state index is -1.05. The summed E-state index contributed by atoms with van der Waals surface area (Å²) in [7, 11) is 1.54. The predicted molar refractivity (Wildman–Crippen MR) is 120 cm³/mol. The zero-order chi connectivity index (χ0) is 21.8. The van der Waals surface area contributed by atoms with Gasteiger partial charge in [-0.2, -0.15) is 0 Å². The molecule has 3 aromatic carbocycles. The van der Waals surface area contributed by atoms with Crippen molar-refractivity contribution >= 4 is 22.5 Å². The molecule has 1 amide bonds. The number of aromatic amines is 1. The Morgan fingerprint density at radius 1 is 1.00 bits per heavy atom. The number of benzene rings is 3. The van der Waals surface area contributed by atoms with Crippen LogP contribution in [0.5, 0.6) is 5.75 Å². The van der Waals surface area contributed by atoms with Gasteiger partial charge in [0.05, 0.1) is 18.0 Å². The number of methoxy groups -OCH3 is 1. The Morgan fingerprint density at radius 2 is 1.74 bits per heavy atom. The lowest BCUT2D eigenvalue weighted by atomic mass is 10.0. The topological polar surface area (TPSA) is 93.2 Å². The molecule has 0 aliphatic carbocycles. The van der Waals surface area contributed by atoms with E-state index in [1.807, 2.05) is 30.3 Å². The Kier molecular flexibility index (Phi) is 5.66. The number of para-hydroxylation sites is 1. The molecule has 0 saturated heterocycles. The van der Waals surface area contributed by atoms with E-state index in [2.05, 4.69) is 10.3 Å². The first-order valence-corrected chi connectivity index (χ1v) is 9.79. The number of H-pyrrole nitrogens is 1. The van der Waals surface area contributed by atoms with Gasteiger partial charge in [0.2, 0.25) is 5.91 Å². The van der Waals surface area contributed by atoms with Crippen molar-refractivity contribution in [3.63, 3.8) is 0 Å². The molecule has 0 aliphatic heterocycles. The van der Waals surface area contributed by atoms with Gasteiger partial charge in [0.1, 0.15) is 11.8 Å². The Hall–Kier alpha value is -4.13. The van der Waals surface area contributed by atoms with Crippen molar-refractivity contribution in [2.45, 2.75) is 12.5 Å². The van der Waals surface area contributed by atoms with Crippen LogP contribution in [0.4, 0.5) is 5.69 Å². The molecule has 1 aromatic heterocycles. The van der Waals surface area contributed by atoms with E-state index in [1.54, 1.807) is 48.5 Å². The van der Waals surface area contributed by atoms with E-state index in [-0.39, 0.29) is 6.42 Å². The summed E-state index contributed by atoms with van der Waals surface area (Å²) in [4.78, 5) is 42.0. The SMILES string of the molecule is COc1cccc(NC(=O)[C@@H](Cc2ccccc2)n2c(=O)[nH]c3ccccc3c2=O)c1. The van der Waals surface area contributed by atoms with Crippen molar-refractivity contribution in [2.24, 2.45) is 0 Å². The molecule has 31 heavy (non-hydrogen) atoms. The van der Waals surface area contributed by atoms with Crippen LogP contribution < -0.4 is 21.3 Å². The average molecular weight is 415 g/mol. The average Bonchev–Trinajstić information content (AvgIpc) is 2.79. The number of fused-ring (bicyclic) bond motifs is 1. The number of nitrogens with zero attached hydrogens (tertiary/aromatic N) is 1. The van der Waals surface area contributed by atoms with Crippen molar-refractivity contribution in [3.8, 4) is 5.75 Å². The molecule has 0 spiro atoms. The van der Waals surface area contributed by atoms with Crippen LogP contribution in [0.2, 0.25) is 0 Å². The zero-order valence-electron chi connectivity index (χ0n) is 16.9. The number of carbonyl (C=O) groups excluding carboxylic acids is 1. The molecule has 7 nitrogen and oxygen atoms in total. The van der Waals surface area contributed by atoms with Crippen molar-refractivity contribution < 1.29 is 9.53 Å². The second-order valence-corrected chi connectivity index (χ2v) is 7.08. The van der Waals surface area contributed by atoms with Gasteiger partial charge in [0.25, 0.3) is 5.56 Å². The van der Waals surface area contributed by atoms with E-state index >= 15 is 0 Å². The molecule has 0 unspecified atom stereocenters. The summed E-state index contributed by atoms with van der Waals surface area (Å²) in [5.74, 6) is 0.109. The lowest BCUT2D eigenvalue weighted by Gasteiger charge is -2.19. The summed E-state index contributed by atoms with van der Waals surface area (Å²) < 4.78 is 6.19. The fourth-order valence-electron chi connectivity index (χ4n) is 3.52. The van der Waals surface area contributed by atoms with E-state index < -0.39 is 23.2 Å². The van der Waals surface area contributed by atoms with Gasteiger partial charge in [-0.05, 0) is 29.8 Å². The summed E-state index contributed by atoms with van der Waals surface area (Å²) >= 11 is 0. The van der Waals surface area contributed by atoms with Crippen molar-refractivity contribution in [1.29, 1.82) is 0 Å². The van der Waals surface area contributed by atoms with Crippen LogP contribution in [0.25, 0.3) is 10.9 Å². The Labute approximate surface area is 177 Å². The third-order valence-corrected chi connectivity index (χ3v) is 5.06. The summed E-state index contributed by atoms with van der Waals surface area (Å²) in [6.07, 6.45) is 0.179. The molecule has 1 atom stereocenters. The maximum atomic E-state index is 13.3. The standard InChI is InChI=1S/C24H21N3O4/c1-31-18-11-7-10-17(15-18)25-22(28)21(14-16-8-3-2-4-9-16)27-23(29)19-12-5-6-13-20(19)26-24(27)30/h2-13,15,21H,14H2,1H3,(H,25,28)(H,26,30)/t21-/m1/s1. The Morgan fingerprint density at radius 3 is 2.52 bits per heavy atom. The lowest BCUT2D eigenvalue weighted by Crippen LogP contribution is -2.43. The molecule has 0 aliphatic rings. The molecule has 4 rings (SSSR count). The van der Waals surface area contributed by atoms with Crippen LogP contribution in [-0.2, 0) is 11.2 Å². The van der Waals surface area contributed by atoms with Crippen molar-refractivity contribution in [3.05, 3.63) is 105 Å². The highest BCUT2D eigenvalue weighted by Gasteiger charge is 2.25. The Balaban J connectivity index is 1.80. The highest BCUT2D eigenvalue weighted by atomic mass is 16.5. The lowest BCUT2D eigenvalue weighted by molar-refractivity contribution is -0.119. The molecule has 2 N–H and O–H groups in total. The molecule has 0 bridgehead atoms. The minimum absolute atomic E-state index is 0.179. The largest absolute Gasteiger partial charge is 0.497 e. The molecule has 0 saturated carbocycles. The molecular formula is C24H21N3O4. The van der Waals surface area contributed by atoms with E-state index in [1.165, 1.54) is 7.11 Å². The second-order valence-electron chi connectivity index (χ2n) is 7.08. The first-order chi connectivity index (χ1) is 15.1. The number of rotatable bonds is 6. The fourth-order valence-corrected chi connectivity index (χ4v) is 3.52. The monoisotopic (exact) mass is 415 g/mol. The minimum Gasteiger partial charge on any atom is -0.497 e. The molecule has 1 heterocycles. The van der Waals surface area contributed by atoms with Crippen LogP contribution in [-0.4, -0.2) is 22.6 Å². The third-order valence-electron chi connectivity index (χ3n) is 5.06. The summed E-state index contributed by atoms with van der Waals surface area (Å²) in [6, 6.07) is 21.8. The smallest absolute Gasteiger partial charge is 0.329 e. The maximum Gasteiger partial charge on any atom is 0.329 e. The van der Waals surface area contributed by atoms with E-state index in [9.17, 15) is 14.4 Å². The first kappa shape index (κ1) is 20.2. The number of aromatic nitrogens is 2. The second kappa shape index (κ2) is 8.71. The highest BCUT2D eigenvalue weighted by Crippen LogP contribution is 2.20. The molecule has 4 aromatic rings. The van der Waals surface area contributed by atoms with E-state index in [0.717, 1.165) is 10.1 Å². The van der Waals surface area contributed by atoms with Gasteiger partial charge >= 0.3 is 5.69 Å². The van der Waals surface area contributed by atoms with Crippen LogP contribution in [0.1, 0.15) is 11.6 Å². The van der Waals surface area contributed by atoms with Gasteiger partial charge in [0, 0.05) is 18.2 Å². The number of ether oxygens (including phenoxy) is 1. The van der Waals surface area contributed by atoms with Gasteiger partial charge in [-0.1, -0.05) is 48.5 Å². The summed E-state index contributed by atoms with van der Waals surface area (Å²) in [5, 5.41) is 3.15.